The summed E-state index contributed by atoms with van der Waals surface area (Å²) in [6, 6.07) is 15.3. The zero-order chi connectivity index (χ0) is 20.5. The average molecular weight is 421 g/mol. The lowest BCUT2D eigenvalue weighted by Gasteiger charge is -2.29. The maximum absolute atomic E-state index is 13.6. The first-order valence-electron chi connectivity index (χ1n) is 9.32. The number of benzene rings is 2. The molecule has 0 bridgehead atoms. The number of fused-ring (bicyclic) bond motifs is 2. The normalized spacial score (nSPS) is 15.2. The van der Waals surface area contributed by atoms with Gasteiger partial charge in [0.05, 0.1) is 16.8 Å². The van der Waals surface area contributed by atoms with Crippen molar-refractivity contribution in [2.24, 2.45) is 0 Å². The van der Waals surface area contributed by atoms with Gasteiger partial charge in [-0.25, -0.2) is 9.37 Å². The number of carbonyl (C=O) groups excluding carboxylic acids is 1. The van der Waals surface area contributed by atoms with Gasteiger partial charge in [0.1, 0.15) is 12.4 Å². The Hall–Kier alpha value is -3.52. The summed E-state index contributed by atoms with van der Waals surface area (Å²) in [6.07, 6.45) is 2.52. The molecule has 6 nitrogen and oxygen atoms in total. The van der Waals surface area contributed by atoms with Gasteiger partial charge in [-0.05, 0) is 48.0 Å². The molecule has 0 saturated carbocycles. The molecular formula is C22H16FN3O3S. The summed E-state index contributed by atoms with van der Waals surface area (Å²) in [5.41, 5.74) is 1.52. The van der Waals surface area contributed by atoms with Crippen molar-refractivity contribution < 1.29 is 18.7 Å². The number of amides is 1. The third-order valence-corrected chi connectivity index (χ3v) is 5.75. The Balaban J connectivity index is 1.49. The van der Waals surface area contributed by atoms with Crippen LogP contribution in [-0.2, 0) is 11.3 Å². The van der Waals surface area contributed by atoms with Gasteiger partial charge in [-0.1, -0.05) is 23.5 Å². The second-order valence-electron chi connectivity index (χ2n) is 6.75. The van der Waals surface area contributed by atoms with Gasteiger partial charge in [0.15, 0.2) is 16.6 Å². The molecule has 0 spiro atoms. The number of hydrogen-bond donors (Lipinski definition) is 0. The second-order valence-corrected chi connectivity index (χ2v) is 7.76. The van der Waals surface area contributed by atoms with E-state index in [-0.39, 0.29) is 24.9 Å². The Bertz CT molecular complexity index is 1210. The zero-order valence-electron chi connectivity index (χ0n) is 15.7. The lowest BCUT2D eigenvalue weighted by Crippen LogP contribution is -2.46. The fourth-order valence-corrected chi connectivity index (χ4v) is 4.22. The molecule has 1 atom stereocenters. The van der Waals surface area contributed by atoms with Crippen LogP contribution < -0.4 is 14.4 Å². The molecule has 1 unspecified atom stereocenters. The van der Waals surface area contributed by atoms with Crippen molar-refractivity contribution in [2.45, 2.75) is 12.6 Å². The molecule has 4 aromatic rings. The smallest absolute Gasteiger partial charge is 0.273 e. The summed E-state index contributed by atoms with van der Waals surface area (Å²) in [4.78, 5) is 23.6. The Labute approximate surface area is 175 Å². The van der Waals surface area contributed by atoms with Crippen LogP contribution >= 0.6 is 11.3 Å². The van der Waals surface area contributed by atoms with Crippen LogP contribution in [-0.4, -0.2) is 28.6 Å². The predicted octanol–water partition coefficient (Wildman–Crippen LogP) is 4.20. The number of carbonyl (C=O) groups is 1. The highest BCUT2D eigenvalue weighted by atomic mass is 32.1. The number of anilines is 1. The summed E-state index contributed by atoms with van der Waals surface area (Å²) in [5, 5.41) is 0.472. The van der Waals surface area contributed by atoms with E-state index < -0.39 is 6.10 Å². The molecule has 30 heavy (non-hydrogen) atoms. The average Bonchev–Trinajstić information content (AvgIpc) is 3.20. The molecule has 8 heteroatoms. The molecule has 0 radical (unpaired) electrons. The summed E-state index contributed by atoms with van der Waals surface area (Å²) in [5.74, 6) is 0.515. The molecule has 0 aliphatic carbocycles. The Morgan fingerprint density at radius 1 is 1.13 bits per heavy atom. The number of aromatic nitrogens is 2. The third kappa shape index (κ3) is 3.57. The van der Waals surface area contributed by atoms with Crippen molar-refractivity contribution in [3.63, 3.8) is 0 Å². The molecule has 1 aliphatic rings. The molecule has 0 N–H and O–H groups in total. The standard InChI is InChI=1S/C22H16FN3O3S/c23-15-5-6-16-20(11-15)30-22(25-16)26(12-14-7-9-24-10-8-14)21(27)19-13-28-17-3-1-2-4-18(17)29-19/h1-11,19H,12-13H2. The summed E-state index contributed by atoms with van der Waals surface area (Å²) in [7, 11) is 0. The van der Waals surface area contributed by atoms with E-state index in [1.165, 1.54) is 23.5 Å². The lowest BCUT2D eigenvalue weighted by atomic mass is 10.2. The van der Waals surface area contributed by atoms with E-state index in [4.69, 9.17) is 9.47 Å². The first-order valence-corrected chi connectivity index (χ1v) is 10.1. The molecule has 2 aromatic heterocycles. The Kier molecular flexibility index (Phi) is 4.76. The van der Waals surface area contributed by atoms with Crippen molar-refractivity contribution in [2.75, 3.05) is 11.5 Å². The van der Waals surface area contributed by atoms with E-state index in [0.29, 0.717) is 26.8 Å². The molecule has 3 heterocycles. The van der Waals surface area contributed by atoms with E-state index in [9.17, 15) is 9.18 Å². The molecule has 0 saturated heterocycles. The molecule has 1 aliphatic heterocycles. The molecule has 5 rings (SSSR count). The lowest BCUT2D eigenvalue weighted by molar-refractivity contribution is -0.127. The van der Waals surface area contributed by atoms with Crippen LogP contribution in [0.5, 0.6) is 11.5 Å². The van der Waals surface area contributed by atoms with Gasteiger partial charge in [0.2, 0.25) is 6.10 Å². The second kappa shape index (κ2) is 7.72. The van der Waals surface area contributed by atoms with Crippen molar-refractivity contribution >= 4 is 32.6 Å². The zero-order valence-corrected chi connectivity index (χ0v) is 16.5. The molecule has 150 valence electrons. The molecule has 1 amide bonds. The number of pyridine rings is 1. The quantitative estimate of drug-likeness (QED) is 0.494. The Morgan fingerprint density at radius 2 is 1.93 bits per heavy atom. The van der Waals surface area contributed by atoms with Gasteiger partial charge in [-0.15, -0.1) is 0 Å². The van der Waals surface area contributed by atoms with Gasteiger partial charge < -0.3 is 9.47 Å². The van der Waals surface area contributed by atoms with Gasteiger partial charge in [-0.2, -0.15) is 0 Å². The molecule has 2 aromatic carbocycles. The van der Waals surface area contributed by atoms with Crippen molar-refractivity contribution in [1.29, 1.82) is 0 Å². The highest BCUT2D eigenvalue weighted by Gasteiger charge is 2.33. The van der Waals surface area contributed by atoms with Crippen LogP contribution in [0.4, 0.5) is 9.52 Å². The Morgan fingerprint density at radius 3 is 2.77 bits per heavy atom. The van der Waals surface area contributed by atoms with Gasteiger partial charge >= 0.3 is 0 Å². The van der Waals surface area contributed by atoms with Gasteiger partial charge in [0.25, 0.3) is 5.91 Å². The number of rotatable bonds is 4. The topological polar surface area (TPSA) is 64.6 Å². The van der Waals surface area contributed by atoms with Crippen molar-refractivity contribution in [3.05, 3.63) is 78.4 Å². The number of halogens is 1. The highest BCUT2D eigenvalue weighted by molar-refractivity contribution is 7.22. The number of nitrogens with zero attached hydrogens (tertiary/aromatic N) is 3. The van der Waals surface area contributed by atoms with Crippen LogP contribution in [0.3, 0.4) is 0 Å². The van der Waals surface area contributed by atoms with Crippen molar-refractivity contribution in [1.82, 2.24) is 9.97 Å². The number of para-hydroxylation sites is 2. The largest absolute Gasteiger partial charge is 0.485 e. The van der Waals surface area contributed by atoms with Crippen molar-refractivity contribution in [3.8, 4) is 11.5 Å². The minimum absolute atomic E-state index is 0.0994. The van der Waals surface area contributed by atoms with Gasteiger partial charge in [0, 0.05) is 12.4 Å². The predicted molar refractivity (Wildman–Crippen MR) is 111 cm³/mol. The van der Waals surface area contributed by atoms with E-state index in [0.717, 1.165) is 5.56 Å². The summed E-state index contributed by atoms with van der Waals surface area (Å²) in [6.45, 7) is 0.382. The number of hydrogen-bond acceptors (Lipinski definition) is 6. The van der Waals surface area contributed by atoms with E-state index in [1.807, 2.05) is 24.3 Å². The SMILES string of the molecule is O=C(C1COc2ccccc2O1)N(Cc1ccncc1)c1nc2ccc(F)cc2s1. The summed E-state index contributed by atoms with van der Waals surface area (Å²) < 4.78 is 25.9. The van der Waals surface area contributed by atoms with Crippen LogP contribution in [0.15, 0.2) is 67.0 Å². The summed E-state index contributed by atoms with van der Waals surface area (Å²) >= 11 is 1.26. The number of thiazole rings is 1. The monoisotopic (exact) mass is 421 g/mol. The van der Waals surface area contributed by atoms with Gasteiger partial charge in [-0.3, -0.25) is 14.7 Å². The van der Waals surface area contributed by atoms with Crippen LogP contribution in [0.25, 0.3) is 10.2 Å². The fraction of sp³-hybridized carbons (Fsp3) is 0.136. The van der Waals surface area contributed by atoms with Crippen LogP contribution in [0, 0.1) is 5.82 Å². The number of ether oxygens (including phenoxy) is 2. The highest BCUT2D eigenvalue weighted by Crippen LogP contribution is 2.34. The van der Waals surface area contributed by atoms with E-state index >= 15 is 0 Å². The van der Waals surface area contributed by atoms with Crippen LogP contribution in [0.2, 0.25) is 0 Å². The maximum Gasteiger partial charge on any atom is 0.273 e. The maximum atomic E-state index is 13.6. The van der Waals surface area contributed by atoms with E-state index in [2.05, 4.69) is 9.97 Å². The fourth-order valence-electron chi connectivity index (χ4n) is 3.23. The minimum atomic E-state index is -0.814. The van der Waals surface area contributed by atoms with E-state index in [1.54, 1.807) is 35.5 Å². The third-order valence-electron chi connectivity index (χ3n) is 4.71. The first-order chi connectivity index (χ1) is 14.7. The molecule has 0 fully saturated rings. The molecular weight excluding hydrogens is 405 g/mol. The van der Waals surface area contributed by atoms with Crippen LogP contribution in [0.1, 0.15) is 5.56 Å². The first kappa shape index (κ1) is 18.5. The minimum Gasteiger partial charge on any atom is -0.485 e.